The van der Waals surface area contributed by atoms with Gasteiger partial charge in [0.25, 0.3) is 17.0 Å². The molecule has 2 rings (SSSR count). The summed E-state index contributed by atoms with van der Waals surface area (Å²) in [6, 6.07) is 5.36. The molecule has 1 amide bonds. The highest BCUT2D eigenvalue weighted by Crippen LogP contribution is 2.01. The van der Waals surface area contributed by atoms with Crippen LogP contribution in [0.25, 0.3) is 0 Å². The molecule has 0 unspecified atom stereocenters. The highest BCUT2D eigenvalue weighted by atomic mass is 16.2. The van der Waals surface area contributed by atoms with Crippen LogP contribution < -0.4 is 16.4 Å². The van der Waals surface area contributed by atoms with Crippen LogP contribution in [0.1, 0.15) is 10.4 Å². The van der Waals surface area contributed by atoms with Crippen LogP contribution in [-0.4, -0.2) is 20.7 Å². The predicted octanol–water partition coefficient (Wildman–Crippen LogP) is -0.279. The number of pyridine rings is 1. The van der Waals surface area contributed by atoms with Gasteiger partial charge in [-0.2, -0.15) is 5.10 Å². The second kappa shape index (κ2) is 4.66. The van der Waals surface area contributed by atoms with Crippen molar-refractivity contribution in [2.45, 2.75) is 0 Å². The third kappa shape index (κ3) is 2.51. The van der Waals surface area contributed by atoms with E-state index in [2.05, 4.69) is 15.5 Å². The number of aryl methyl sites for hydroxylation is 1. The van der Waals surface area contributed by atoms with E-state index in [0.717, 1.165) is 0 Å². The molecule has 2 aromatic rings. The molecule has 0 bridgehead atoms. The summed E-state index contributed by atoms with van der Waals surface area (Å²) in [5.74, 6) is -0.257. The van der Waals surface area contributed by atoms with Gasteiger partial charge in [0.2, 0.25) is 0 Å². The zero-order chi connectivity index (χ0) is 13.1. The Labute approximate surface area is 101 Å². The summed E-state index contributed by atoms with van der Waals surface area (Å²) >= 11 is 0. The molecule has 0 aliphatic heterocycles. The zero-order valence-corrected chi connectivity index (χ0v) is 9.51. The molecule has 0 radical (unpaired) electrons. The van der Waals surface area contributed by atoms with E-state index in [9.17, 15) is 14.4 Å². The van der Waals surface area contributed by atoms with E-state index in [4.69, 9.17) is 0 Å². The lowest BCUT2D eigenvalue weighted by molar-refractivity contribution is 0.102. The van der Waals surface area contributed by atoms with Crippen LogP contribution in [-0.2, 0) is 7.05 Å². The lowest BCUT2D eigenvalue weighted by Gasteiger charge is -2.04. The average molecular weight is 246 g/mol. The fourth-order valence-electron chi connectivity index (χ4n) is 1.29. The summed E-state index contributed by atoms with van der Waals surface area (Å²) in [7, 11) is 1.59. The molecule has 0 spiro atoms. The Morgan fingerprint density at radius 3 is 2.72 bits per heavy atom. The van der Waals surface area contributed by atoms with E-state index in [1.807, 2.05) is 0 Å². The van der Waals surface area contributed by atoms with Crippen LogP contribution in [0.5, 0.6) is 0 Å². The lowest BCUT2D eigenvalue weighted by Crippen LogP contribution is -2.21. The minimum atomic E-state index is -0.466. The molecule has 0 atom stereocenters. The molecule has 2 aromatic heterocycles. The van der Waals surface area contributed by atoms with Gasteiger partial charge in [0.15, 0.2) is 5.82 Å². The topological polar surface area (TPSA) is 96.8 Å². The van der Waals surface area contributed by atoms with Crippen LogP contribution in [0.3, 0.4) is 0 Å². The normalized spacial score (nSPS) is 10.1. The predicted molar refractivity (Wildman–Crippen MR) is 64.5 cm³/mol. The Hall–Kier alpha value is -2.70. The molecule has 2 heterocycles. The second-order valence-electron chi connectivity index (χ2n) is 3.63. The fourth-order valence-corrected chi connectivity index (χ4v) is 1.29. The number of carbonyl (C=O) groups is 1. The summed E-state index contributed by atoms with van der Waals surface area (Å²) in [5.41, 5.74) is -0.412. The maximum Gasteiger partial charge on any atom is 0.264 e. The number of H-pyrrole nitrogens is 1. The number of amides is 1. The van der Waals surface area contributed by atoms with Crippen LogP contribution in [0.2, 0.25) is 0 Å². The van der Waals surface area contributed by atoms with E-state index < -0.39 is 5.91 Å². The standard InChI is InChI=1S/C11H10N4O3/c1-15-5-4-7(6-10(15)17)11(18)12-8-2-3-9(16)14-13-8/h2-6H,1H3,(H,14,16)(H,12,13,18). The number of anilines is 1. The van der Waals surface area contributed by atoms with Crippen LogP contribution in [0.15, 0.2) is 40.1 Å². The first-order valence-electron chi connectivity index (χ1n) is 5.10. The van der Waals surface area contributed by atoms with E-state index in [1.54, 1.807) is 7.05 Å². The second-order valence-corrected chi connectivity index (χ2v) is 3.63. The number of nitrogens with zero attached hydrogens (tertiary/aromatic N) is 2. The van der Waals surface area contributed by atoms with Crippen molar-refractivity contribution in [3.63, 3.8) is 0 Å². The summed E-state index contributed by atoms with van der Waals surface area (Å²) in [5, 5.41) is 8.29. The van der Waals surface area contributed by atoms with Crippen molar-refractivity contribution in [1.82, 2.24) is 14.8 Å². The quantitative estimate of drug-likeness (QED) is 0.761. The average Bonchev–Trinajstić information content (AvgIpc) is 2.35. The molecular weight excluding hydrogens is 236 g/mol. The van der Waals surface area contributed by atoms with Gasteiger partial charge < -0.3 is 9.88 Å². The van der Waals surface area contributed by atoms with Crippen molar-refractivity contribution in [3.05, 3.63) is 56.7 Å². The molecule has 0 saturated carbocycles. The first-order valence-corrected chi connectivity index (χ1v) is 5.10. The summed E-state index contributed by atoms with van der Waals surface area (Å²) in [4.78, 5) is 33.9. The molecule has 0 aromatic carbocycles. The Bertz CT molecular complexity index is 681. The molecule has 2 N–H and O–H groups in total. The Morgan fingerprint density at radius 2 is 2.11 bits per heavy atom. The van der Waals surface area contributed by atoms with Gasteiger partial charge in [-0.25, -0.2) is 5.10 Å². The Balaban J connectivity index is 2.21. The van der Waals surface area contributed by atoms with E-state index in [-0.39, 0.29) is 22.5 Å². The minimum absolute atomic E-state index is 0.209. The van der Waals surface area contributed by atoms with Crippen molar-refractivity contribution in [2.75, 3.05) is 5.32 Å². The SMILES string of the molecule is Cn1ccc(C(=O)Nc2ccc(=O)[nH]n2)cc1=O. The number of carbonyl (C=O) groups excluding carboxylic acids is 1. The highest BCUT2D eigenvalue weighted by molar-refractivity contribution is 6.03. The number of rotatable bonds is 2. The van der Waals surface area contributed by atoms with Gasteiger partial charge in [-0.15, -0.1) is 0 Å². The number of nitrogens with one attached hydrogen (secondary N) is 2. The summed E-state index contributed by atoms with van der Waals surface area (Å²) in [6.07, 6.45) is 1.50. The van der Waals surface area contributed by atoms with Crippen molar-refractivity contribution >= 4 is 11.7 Å². The smallest absolute Gasteiger partial charge is 0.264 e. The molecule has 92 valence electrons. The van der Waals surface area contributed by atoms with Gasteiger partial charge in [0.05, 0.1) is 0 Å². The van der Waals surface area contributed by atoms with Crippen molar-refractivity contribution in [1.29, 1.82) is 0 Å². The molecule has 7 heteroatoms. The molecule has 0 fully saturated rings. The fraction of sp³-hybridized carbons (Fsp3) is 0.0909. The van der Waals surface area contributed by atoms with Gasteiger partial charge in [-0.3, -0.25) is 14.4 Å². The number of hydrogen-bond acceptors (Lipinski definition) is 4. The van der Waals surface area contributed by atoms with Gasteiger partial charge >= 0.3 is 0 Å². The largest absolute Gasteiger partial charge is 0.319 e. The van der Waals surface area contributed by atoms with Crippen LogP contribution in [0.4, 0.5) is 5.82 Å². The first kappa shape index (κ1) is 11.8. The van der Waals surface area contributed by atoms with E-state index in [0.29, 0.717) is 0 Å². The zero-order valence-electron chi connectivity index (χ0n) is 9.51. The number of aromatic nitrogens is 3. The van der Waals surface area contributed by atoms with Crippen LogP contribution >= 0.6 is 0 Å². The van der Waals surface area contributed by atoms with Crippen LogP contribution in [0, 0.1) is 0 Å². The minimum Gasteiger partial charge on any atom is -0.319 e. The Kier molecular flexibility index (Phi) is 3.05. The van der Waals surface area contributed by atoms with E-state index >= 15 is 0 Å². The molecule has 18 heavy (non-hydrogen) atoms. The number of hydrogen-bond donors (Lipinski definition) is 2. The lowest BCUT2D eigenvalue weighted by atomic mass is 10.2. The van der Waals surface area contributed by atoms with Gasteiger partial charge in [-0.1, -0.05) is 0 Å². The number of aromatic amines is 1. The summed E-state index contributed by atoms with van der Waals surface area (Å²) < 4.78 is 1.36. The van der Waals surface area contributed by atoms with Crippen molar-refractivity contribution in [3.8, 4) is 0 Å². The maximum absolute atomic E-state index is 11.8. The van der Waals surface area contributed by atoms with Gasteiger partial charge in [0.1, 0.15) is 0 Å². The molecule has 0 saturated heterocycles. The molecule has 7 nitrogen and oxygen atoms in total. The highest BCUT2D eigenvalue weighted by Gasteiger charge is 2.07. The monoisotopic (exact) mass is 246 g/mol. The Morgan fingerprint density at radius 1 is 1.33 bits per heavy atom. The van der Waals surface area contributed by atoms with Crippen molar-refractivity contribution in [2.24, 2.45) is 7.05 Å². The van der Waals surface area contributed by atoms with Crippen molar-refractivity contribution < 1.29 is 4.79 Å². The third-order valence-corrected chi connectivity index (χ3v) is 2.29. The summed E-state index contributed by atoms with van der Waals surface area (Å²) in [6.45, 7) is 0. The molecule has 0 aliphatic carbocycles. The first-order chi connectivity index (χ1) is 8.56. The molecule has 0 aliphatic rings. The van der Waals surface area contributed by atoms with Gasteiger partial charge in [0, 0.05) is 30.9 Å². The maximum atomic E-state index is 11.8. The molecular formula is C11H10N4O3. The van der Waals surface area contributed by atoms with Gasteiger partial charge in [-0.05, 0) is 12.1 Å². The van der Waals surface area contributed by atoms with E-state index in [1.165, 1.54) is 35.0 Å². The third-order valence-electron chi connectivity index (χ3n) is 2.29.